The lowest BCUT2D eigenvalue weighted by molar-refractivity contribution is -0.138. The predicted molar refractivity (Wildman–Crippen MR) is 115 cm³/mol. The molecule has 4 N–H and O–H groups in total. The quantitative estimate of drug-likeness (QED) is 0.639. The number of fused-ring (bicyclic) bond motifs is 2. The Labute approximate surface area is 185 Å². The molecule has 160 valence electrons. The fraction of sp³-hybridized carbons (Fsp3) is 0.500. The molecule has 1 fully saturated rings. The number of carbonyl (C=O) groups is 2. The Balaban J connectivity index is 0.00000150. The SMILES string of the molecule is Cl.Cl.NCC(=O)N1CCC2(CC1)OCCc1cc(C(=O)NCc3ncc[nH]3)sc12. The molecule has 1 spiro atoms. The third-order valence-electron chi connectivity index (χ3n) is 5.27. The molecule has 2 aliphatic rings. The predicted octanol–water partition coefficient (Wildman–Crippen LogP) is 1.59. The summed E-state index contributed by atoms with van der Waals surface area (Å²) in [7, 11) is 0. The fourth-order valence-corrected chi connectivity index (χ4v) is 5.12. The molecule has 2 aliphatic heterocycles. The summed E-state index contributed by atoms with van der Waals surface area (Å²) in [4.78, 5) is 35.1. The van der Waals surface area contributed by atoms with E-state index in [1.165, 1.54) is 16.9 Å². The van der Waals surface area contributed by atoms with Gasteiger partial charge in [0.05, 0.1) is 24.6 Å². The molecule has 2 aromatic rings. The zero-order chi connectivity index (χ0) is 18.9. The highest BCUT2D eigenvalue weighted by Crippen LogP contribution is 2.45. The Hall–Kier alpha value is -1.65. The maximum Gasteiger partial charge on any atom is 0.261 e. The second kappa shape index (κ2) is 9.90. The van der Waals surface area contributed by atoms with Crippen molar-refractivity contribution in [3.05, 3.63) is 39.6 Å². The van der Waals surface area contributed by atoms with Crippen molar-refractivity contribution < 1.29 is 14.3 Å². The summed E-state index contributed by atoms with van der Waals surface area (Å²) in [5.74, 6) is 0.600. The molecule has 4 heterocycles. The minimum absolute atomic E-state index is 0. The molecule has 4 rings (SSSR count). The zero-order valence-electron chi connectivity index (χ0n) is 15.8. The molecule has 0 atom stereocenters. The number of hydrogen-bond acceptors (Lipinski definition) is 6. The number of H-pyrrole nitrogens is 1. The standard InChI is InChI=1S/C18H23N5O3S.2ClH/c19-10-15(24)23-6-2-18(3-7-23)16-12(1-8-26-18)9-13(27-16)17(25)22-11-14-20-4-5-21-14;;/h4-5,9H,1-3,6-8,10-11,19H2,(H,20,21)(H,22,25);2*1H. The van der Waals surface area contributed by atoms with Crippen LogP contribution in [0.2, 0.25) is 0 Å². The van der Waals surface area contributed by atoms with Crippen LogP contribution in [-0.2, 0) is 28.1 Å². The molecule has 0 aromatic carbocycles. The fourth-order valence-electron chi connectivity index (χ4n) is 3.80. The topological polar surface area (TPSA) is 113 Å². The minimum Gasteiger partial charge on any atom is -0.369 e. The summed E-state index contributed by atoms with van der Waals surface area (Å²) in [5, 5.41) is 2.90. The van der Waals surface area contributed by atoms with Crippen LogP contribution < -0.4 is 11.1 Å². The second-order valence-electron chi connectivity index (χ2n) is 6.86. The van der Waals surface area contributed by atoms with Gasteiger partial charge in [0.15, 0.2) is 0 Å². The van der Waals surface area contributed by atoms with E-state index < -0.39 is 0 Å². The number of piperidine rings is 1. The summed E-state index contributed by atoms with van der Waals surface area (Å²) in [6.45, 7) is 2.31. The number of nitrogens with zero attached hydrogens (tertiary/aromatic N) is 2. The van der Waals surface area contributed by atoms with Crippen molar-refractivity contribution in [1.82, 2.24) is 20.2 Å². The molecule has 2 amide bonds. The van der Waals surface area contributed by atoms with Crippen molar-refractivity contribution in [2.24, 2.45) is 5.73 Å². The Kier molecular flexibility index (Phi) is 8.07. The Morgan fingerprint density at radius 2 is 2.10 bits per heavy atom. The van der Waals surface area contributed by atoms with E-state index in [1.54, 1.807) is 17.3 Å². The number of rotatable bonds is 4. The lowest BCUT2D eigenvalue weighted by Crippen LogP contribution is -2.49. The first-order valence-corrected chi connectivity index (χ1v) is 9.94. The molecular formula is C18H25Cl2N5O3S. The number of aromatic nitrogens is 2. The largest absolute Gasteiger partial charge is 0.369 e. The van der Waals surface area contributed by atoms with E-state index in [2.05, 4.69) is 15.3 Å². The normalized spacial score (nSPS) is 17.1. The summed E-state index contributed by atoms with van der Waals surface area (Å²) >= 11 is 1.51. The second-order valence-corrected chi connectivity index (χ2v) is 7.91. The number of nitrogens with one attached hydrogen (secondary N) is 2. The van der Waals surface area contributed by atoms with E-state index >= 15 is 0 Å². The van der Waals surface area contributed by atoms with Gasteiger partial charge in [-0.1, -0.05) is 0 Å². The van der Waals surface area contributed by atoms with E-state index in [1.807, 2.05) is 6.07 Å². The Morgan fingerprint density at radius 3 is 2.76 bits per heavy atom. The van der Waals surface area contributed by atoms with E-state index in [-0.39, 0.29) is 48.8 Å². The molecule has 0 saturated carbocycles. The van der Waals surface area contributed by atoms with Crippen molar-refractivity contribution in [1.29, 1.82) is 0 Å². The number of nitrogens with two attached hydrogens (primary N) is 1. The monoisotopic (exact) mass is 461 g/mol. The van der Waals surface area contributed by atoms with Crippen molar-refractivity contribution >= 4 is 48.0 Å². The average molecular weight is 462 g/mol. The van der Waals surface area contributed by atoms with Gasteiger partial charge in [0.25, 0.3) is 5.91 Å². The van der Waals surface area contributed by atoms with Gasteiger partial charge in [0.1, 0.15) is 11.4 Å². The molecule has 8 nitrogen and oxygen atoms in total. The third-order valence-corrected chi connectivity index (χ3v) is 6.63. The van der Waals surface area contributed by atoms with Crippen LogP contribution >= 0.6 is 36.2 Å². The number of imidazole rings is 1. The molecule has 0 radical (unpaired) electrons. The highest BCUT2D eigenvalue weighted by molar-refractivity contribution is 7.14. The maximum atomic E-state index is 12.6. The Morgan fingerprint density at radius 1 is 1.34 bits per heavy atom. The van der Waals surface area contributed by atoms with Crippen LogP contribution in [0.1, 0.15) is 38.8 Å². The van der Waals surface area contributed by atoms with Gasteiger partial charge in [-0.05, 0) is 30.9 Å². The van der Waals surface area contributed by atoms with Gasteiger partial charge in [-0.2, -0.15) is 0 Å². The summed E-state index contributed by atoms with van der Waals surface area (Å²) in [5.41, 5.74) is 6.28. The number of thiophene rings is 1. The van der Waals surface area contributed by atoms with Gasteiger partial charge < -0.3 is 25.7 Å². The average Bonchev–Trinajstić information content (AvgIpc) is 3.36. The van der Waals surface area contributed by atoms with E-state index in [0.29, 0.717) is 31.1 Å². The van der Waals surface area contributed by atoms with Crippen LogP contribution in [-0.4, -0.2) is 52.9 Å². The van der Waals surface area contributed by atoms with Gasteiger partial charge in [-0.15, -0.1) is 36.2 Å². The highest BCUT2D eigenvalue weighted by Gasteiger charge is 2.43. The number of carbonyl (C=O) groups excluding carboxylic acids is 2. The molecule has 29 heavy (non-hydrogen) atoms. The number of halogens is 2. The van der Waals surface area contributed by atoms with Crippen LogP contribution in [0.3, 0.4) is 0 Å². The first-order valence-electron chi connectivity index (χ1n) is 9.13. The number of amides is 2. The summed E-state index contributed by atoms with van der Waals surface area (Å²) in [6, 6.07) is 1.99. The van der Waals surface area contributed by atoms with Gasteiger partial charge in [0, 0.05) is 30.4 Å². The third kappa shape index (κ3) is 4.75. The minimum atomic E-state index is -0.386. The number of likely N-dealkylation sites (tertiary alicyclic amines) is 1. The zero-order valence-corrected chi connectivity index (χ0v) is 18.3. The van der Waals surface area contributed by atoms with Crippen molar-refractivity contribution in [2.75, 3.05) is 26.2 Å². The first kappa shape index (κ1) is 23.6. The van der Waals surface area contributed by atoms with Crippen molar-refractivity contribution in [3.63, 3.8) is 0 Å². The van der Waals surface area contributed by atoms with E-state index in [0.717, 1.165) is 30.0 Å². The van der Waals surface area contributed by atoms with Crippen LogP contribution in [0.5, 0.6) is 0 Å². The van der Waals surface area contributed by atoms with Crippen LogP contribution in [0.4, 0.5) is 0 Å². The van der Waals surface area contributed by atoms with Crippen molar-refractivity contribution in [3.8, 4) is 0 Å². The Bertz CT molecular complexity index is 835. The molecule has 0 aliphatic carbocycles. The van der Waals surface area contributed by atoms with Gasteiger partial charge >= 0.3 is 0 Å². The molecular weight excluding hydrogens is 437 g/mol. The molecule has 11 heteroatoms. The summed E-state index contributed by atoms with van der Waals surface area (Å²) < 4.78 is 6.20. The first-order chi connectivity index (χ1) is 13.1. The number of hydrogen-bond donors (Lipinski definition) is 3. The van der Waals surface area contributed by atoms with E-state index in [9.17, 15) is 9.59 Å². The molecule has 0 unspecified atom stereocenters. The summed E-state index contributed by atoms with van der Waals surface area (Å²) in [6.07, 6.45) is 5.67. The lowest BCUT2D eigenvalue weighted by Gasteiger charge is -2.43. The van der Waals surface area contributed by atoms with Gasteiger partial charge in [-0.25, -0.2) is 4.98 Å². The molecule has 0 bridgehead atoms. The maximum absolute atomic E-state index is 12.6. The van der Waals surface area contributed by atoms with Crippen LogP contribution in [0.25, 0.3) is 0 Å². The number of ether oxygens (including phenoxy) is 1. The van der Waals surface area contributed by atoms with Gasteiger partial charge in [0.2, 0.25) is 5.91 Å². The van der Waals surface area contributed by atoms with Crippen molar-refractivity contribution in [2.45, 2.75) is 31.4 Å². The van der Waals surface area contributed by atoms with E-state index in [4.69, 9.17) is 10.5 Å². The van der Waals surface area contributed by atoms with Gasteiger partial charge in [-0.3, -0.25) is 9.59 Å². The van der Waals surface area contributed by atoms with Crippen LogP contribution in [0.15, 0.2) is 18.5 Å². The highest BCUT2D eigenvalue weighted by atomic mass is 35.5. The van der Waals surface area contributed by atoms with Crippen LogP contribution in [0, 0.1) is 0 Å². The lowest BCUT2D eigenvalue weighted by atomic mass is 9.85. The molecule has 2 aromatic heterocycles. The number of aromatic amines is 1. The molecule has 1 saturated heterocycles. The smallest absolute Gasteiger partial charge is 0.261 e.